The van der Waals surface area contributed by atoms with Crippen LogP contribution in [0.1, 0.15) is 11.3 Å². The zero-order valence-electron chi connectivity index (χ0n) is 11.5. The van der Waals surface area contributed by atoms with Gasteiger partial charge in [-0.1, -0.05) is 18.2 Å². The van der Waals surface area contributed by atoms with Gasteiger partial charge < -0.3 is 9.64 Å². The van der Waals surface area contributed by atoms with Crippen molar-refractivity contribution in [2.75, 3.05) is 13.7 Å². The Kier molecular flexibility index (Phi) is 3.41. The van der Waals surface area contributed by atoms with Crippen molar-refractivity contribution in [3.8, 4) is 5.75 Å². The molecule has 1 amide bonds. The van der Waals surface area contributed by atoms with Crippen molar-refractivity contribution >= 4 is 5.91 Å². The van der Waals surface area contributed by atoms with E-state index in [1.54, 1.807) is 13.3 Å². The summed E-state index contributed by atoms with van der Waals surface area (Å²) in [6, 6.07) is 9.62. The standard InChI is InChI=1S/C15H17N3O2/c1-20-14-5-3-2-4-12(14)10-15(19)17-8-9-18-13(11-17)6-7-16-18/h2-7H,8-11H2,1H3. The van der Waals surface area contributed by atoms with Crippen LogP contribution in [-0.2, 0) is 24.3 Å². The number of benzene rings is 1. The van der Waals surface area contributed by atoms with Crippen LogP contribution in [0.25, 0.3) is 0 Å². The Labute approximate surface area is 117 Å². The first-order chi connectivity index (χ1) is 9.78. The Hall–Kier alpha value is -2.30. The maximum absolute atomic E-state index is 12.4. The molecule has 0 saturated carbocycles. The molecule has 1 aliphatic heterocycles. The fourth-order valence-electron chi connectivity index (χ4n) is 2.52. The van der Waals surface area contributed by atoms with Gasteiger partial charge in [-0.05, 0) is 12.1 Å². The minimum Gasteiger partial charge on any atom is -0.496 e. The van der Waals surface area contributed by atoms with Gasteiger partial charge in [0.1, 0.15) is 5.75 Å². The number of methoxy groups -OCH3 is 1. The molecule has 3 rings (SSSR count). The van der Waals surface area contributed by atoms with Gasteiger partial charge in [-0.3, -0.25) is 9.48 Å². The summed E-state index contributed by atoms with van der Waals surface area (Å²) in [6.07, 6.45) is 2.15. The molecule has 0 bridgehead atoms. The molecule has 0 radical (unpaired) electrons. The Morgan fingerprint density at radius 3 is 3.00 bits per heavy atom. The van der Waals surface area contributed by atoms with Gasteiger partial charge in [-0.2, -0.15) is 5.10 Å². The van der Waals surface area contributed by atoms with E-state index < -0.39 is 0 Å². The Morgan fingerprint density at radius 2 is 2.15 bits per heavy atom. The first kappa shape index (κ1) is 12.7. The molecule has 5 nitrogen and oxygen atoms in total. The summed E-state index contributed by atoms with van der Waals surface area (Å²) in [5, 5.41) is 4.22. The lowest BCUT2D eigenvalue weighted by Gasteiger charge is -2.28. The summed E-state index contributed by atoms with van der Waals surface area (Å²) in [7, 11) is 1.63. The van der Waals surface area contributed by atoms with Crippen LogP contribution < -0.4 is 4.74 Å². The average Bonchev–Trinajstić information content (AvgIpc) is 2.95. The van der Waals surface area contributed by atoms with Crippen LogP contribution in [0.4, 0.5) is 0 Å². The molecule has 2 aromatic rings. The first-order valence-electron chi connectivity index (χ1n) is 6.68. The normalized spacial score (nSPS) is 13.9. The SMILES string of the molecule is COc1ccccc1CC(=O)N1CCn2nccc2C1. The number of carbonyl (C=O) groups is 1. The topological polar surface area (TPSA) is 47.4 Å². The molecule has 0 spiro atoms. The summed E-state index contributed by atoms with van der Waals surface area (Å²) in [4.78, 5) is 14.3. The number of hydrogen-bond donors (Lipinski definition) is 0. The molecule has 0 atom stereocenters. The first-order valence-corrected chi connectivity index (χ1v) is 6.68. The monoisotopic (exact) mass is 271 g/mol. The lowest BCUT2D eigenvalue weighted by Crippen LogP contribution is -2.39. The van der Waals surface area contributed by atoms with E-state index in [0.717, 1.165) is 23.6 Å². The molecule has 20 heavy (non-hydrogen) atoms. The molecule has 0 unspecified atom stereocenters. The zero-order chi connectivity index (χ0) is 13.9. The molecule has 2 heterocycles. The van der Waals surface area contributed by atoms with E-state index in [9.17, 15) is 4.79 Å². The number of nitrogens with zero attached hydrogens (tertiary/aromatic N) is 3. The highest BCUT2D eigenvalue weighted by atomic mass is 16.5. The van der Waals surface area contributed by atoms with E-state index in [2.05, 4.69) is 5.10 Å². The zero-order valence-corrected chi connectivity index (χ0v) is 11.5. The molecule has 1 aromatic heterocycles. The molecule has 0 aliphatic carbocycles. The molecule has 1 aliphatic rings. The van der Waals surface area contributed by atoms with Gasteiger partial charge in [0.15, 0.2) is 0 Å². The summed E-state index contributed by atoms with van der Waals surface area (Å²) in [5.41, 5.74) is 2.02. The van der Waals surface area contributed by atoms with Crippen LogP contribution in [0.3, 0.4) is 0 Å². The van der Waals surface area contributed by atoms with Crippen molar-refractivity contribution in [1.29, 1.82) is 0 Å². The van der Waals surface area contributed by atoms with Crippen LogP contribution in [0.2, 0.25) is 0 Å². The van der Waals surface area contributed by atoms with E-state index in [1.807, 2.05) is 39.9 Å². The van der Waals surface area contributed by atoms with Crippen molar-refractivity contribution in [2.24, 2.45) is 0 Å². The van der Waals surface area contributed by atoms with Gasteiger partial charge in [0.2, 0.25) is 5.91 Å². The molecule has 0 N–H and O–H groups in total. The fourth-order valence-corrected chi connectivity index (χ4v) is 2.52. The summed E-state index contributed by atoms with van der Waals surface area (Å²) in [5.74, 6) is 0.893. The predicted octanol–water partition coefficient (Wildman–Crippen LogP) is 1.48. The van der Waals surface area contributed by atoms with Crippen LogP contribution in [0, 0.1) is 0 Å². The van der Waals surface area contributed by atoms with E-state index in [4.69, 9.17) is 4.74 Å². The smallest absolute Gasteiger partial charge is 0.227 e. The number of rotatable bonds is 3. The number of fused-ring (bicyclic) bond motifs is 1. The maximum Gasteiger partial charge on any atom is 0.227 e. The van der Waals surface area contributed by atoms with Crippen LogP contribution in [0.5, 0.6) is 5.75 Å². The second kappa shape index (κ2) is 5.36. The van der Waals surface area contributed by atoms with Gasteiger partial charge in [-0.15, -0.1) is 0 Å². The highest BCUT2D eigenvalue weighted by molar-refractivity contribution is 5.79. The van der Waals surface area contributed by atoms with Crippen molar-refractivity contribution in [3.63, 3.8) is 0 Å². The van der Waals surface area contributed by atoms with E-state index in [0.29, 0.717) is 19.5 Å². The Bertz CT molecular complexity index is 621. The molecule has 5 heteroatoms. The van der Waals surface area contributed by atoms with Gasteiger partial charge in [0.05, 0.1) is 32.3 Å². The van der Waals surface area contributed by atoms with Gasteiger partial charge in [0, 0.05) is 18.3 Å². The third-order valence-electron chi connectivity index (χ3n) is 3.63. The highest BCUT2D eigenvalue weighted by Gasteiger charge is 2.21. The maximum atomic E-state index is 12.4. The third kappa shape index (κ3) is 2.39. The molecule has 104 valence electrons. The van der Waals surface area contributed by atoms with Gasteiger partial charge in [0.25, 0.3) is 0 Å². The van der Waals surface area contributed by atoms with Crippen molar-refractivity contribution < 1.29 is 9.53 Å². The summed E-state index contributed by atoms with van der Waals surface area (Å²) < 4.78 is 7.24. The second-order valence-electron chi connectivity index (χ2n) is 4.85. The average molecular weight is 271 g/mol. The van der Waals surface area contributed by atoms with Crippen LogP contribution in [-0.4, -0.2) is 34.2 Å². The van der Waals surface area contributed by atoms with Crippen LogP contribution >= 0.6 is 0 Å². The molecule has 0 saturated heterocycles. The largest absolute Gasteiger partial charge is 0.496 e. The lowest BCUT2D eigenvalue weighted by atomic mass is 10.1. The predicted molar refractivity (Wildman–Crippen MR) is 74.3 cm³/mol. The van der Waals surface area contributed by atoms with E-state index in [1.165, 1.54) is 0 Å². The summed E-state index contributed by atoms with van der Waals surface area (Å²) in [6.45, 7) is 2.11. The van der Waals surface area contributed by atoms with E-state index in [-0.39, 0.29) is 5.91 Å². The molecule has 1 aromatic carbocycles. The van der Waals surface area contributed by atoms with Crippen molar-refractivity contribution in [2.45, 2.75) is 19.5 Å². The number of carbonyl (C=O) groups excluding carboxylic acids is 1. The Morgan fingerprint density at radius 1 is 1.30 bits per heavy atom. The lowest BCUT2D eigenvalue weighted by molar-refractivity contribution is -0.132. The number of para-hydroxylation sites is 1. The van der Waals surface area contributed by atoms with Crippen LogP contribution in [0.15, 0.2) is 36.5 Å². The van der Waals surface area contributed by atoms with Crippen molar-refractivity contribution in [1.82, 2.24) is 14.7 Å². The number of hydrogen-bond acceptors (Lipinski definition) is 3. The molecule has 0 fully saturated rings. The van der Waals surface area contributed by atoms with Crippen molar-refractivity contribution in [3.05, 3.63) is 47.8 Å². The molecular weight excluding hydrogens is 254 g/mol. The number of amides is 1. The third-order valence-corrected chi connectivity index (χ3v) is 3.63. The van der Waals surface area contributed by atoms with Gasteiger partial charge >= 0.3 is 0 Å². The summed E-state index contributed by atoms with van der Waals surface area (Å²) >= 11 is 0. The minimum atomic E-state index is 0.127. The Balaban J connectivity index is 1.71. The van der Waals surface area contributed by atoms with Gasteiger partial charge in [-0.25, -0.2) is 0 Å². The number of ether oxygens (including phenoxy) is 1. The highest BCUT2D eigenvalue weighted by Crippen LogP contribution is 2.20. The second-order valence-corrected chi connectivity index (χ2v) is 4.85. The number of aromatic nitrogens is 2. The minimum absolute atomic E-state index is 0.127. The molecular formula is C15H17N3O2. The van der Waals surface area contributed by atoms with E-state index >= 15 is 0 Å². The fraction of sp³-hybridized carbons (Fsp3) is 0.333. The quantitative estimate of drug-likeness (QED) is 0.849.